The lowest BCUT2D eigenvalue weighted by Gasteiger charge is -2.36. The number of carbonyl (C=O) groups excluding carboxylic acids is 3. The molecule has 5 aromatic heterocycles. The van der Waals surface area contributed by atoms with Crippen LogP contribution in [0.1, 0.15) is 96.2 Å². The molecule has 5 atom stereocenters. The number of hydrogen-bond acceptors (Lipinski definition) is 13. The first kappa shape index (κ1) is 49.0. The molecule has 7 aromatic rings. The van der Waals surface area contributed by atoms with Crippen LogP contribution >= 0.6 is 34.3 Å². The predicted octanol–water partition coefficient (Wildman–Crippen LogP) is 8.27. The number of aromatic nitrogens is 7. The zero-order chi connectivity index (χ0) is 50.5. The van der Waals surface area contributed by atoms with Gasteiger partial charge in [-0.15, -0.1) is 32.9 Å². The summed E-state index contributed by atoms with van der Waals surface area (Å²) in [5, 5.41) is 29.6. The van der Waals surface area contributed by atoms with Gasteiger partial charge in [0.25, 0.3) is 0 Å². The van der Waals surface area contributed by atoms with Gasteiger partial charge < -0.3 is 25.1 Å². The number of fused-ring (bicyclic) bond motifs is 3. The van der Waals surface area contributed by atoms with Crippen molar-refractivity contribution in [3.8, 4) is 26.7 Å². The molecule has 2 fully saturated rings. The Balaban J connectivity index is 0.798. The van der Waals surface area contributed by atoms with Crippen molar-refractivity contribution in [3.63, 3.8) is 0 Å². The number of thiazole rings is 1. The fourth-order valence-corrected chi connectivity index (χ4v) is 12.2. The van der Waals surface area contributed by atoms with Gasteiger partial charge in [0.2, 0.25) is 17.7 Å². The van der Waals surface area contributed by atoms with E-state index in [0.29, 0.717) is 42.7 Å². The number of piperazine rings is 1. The minimum Gasteiger partial charge on any atom is -0.391 e. The average molecular weight is 1030 g/mol. The lowest BCUT2D eigenvalue weighted by Crippen LogP contribution is -2.49. The first-order chi connectivity index (χ1) is 34.6. The van der Waals surface area contributed by atoms with Crippen LogP contribution in [-0.2, 0) is 14.4 Å². The Morgan fingerprint density at radius 1 is 0.889 bits per heavy atom. The van der Waals surface area contributed by atoms with Crippen molar-refractivity contribution in [3.05, 3.63) is 134 Å². The van der Waals surface area contributed by atoms with E-state index in [4.69, 9.17) is 26.7 Å². The number of carbonyl (C=O) groups is 3. The molecule has 2 N–H and O–H groups in total. The maximum Gasteiger partial charge on any atom is 0.248 e. The summed E-state index contributed by atoms with van der Waals surface area (Å²) in [6.07, 6.45) is 2.99. The number of amides is 3. The maximum atomic E-state index is 14.5. The summed E-state index contributed by atoms with van der Waals surface area (Å²) in [5.41, 5.74) is 10.2. The Hall–Kier alpha value is -6.60. The Morgan fingerprint density at radius 3 is 2.33 bits per heavy atom. The third-order valence-corrected chi connectivity index (χ3v) is 16.6. The number of nitrogens with one attached hydrogen (secondary N) is 1. The zero-order valence-corrected chi connectivity index (χ0v) is 43.7. The highest BCUT2D eigenvalue weighted by molar-refractivity contribution is 7.15. The SMILES string of the molecule is Cc1ncsc1-c1ccc([C@H](C)NC(=O)[C@@H]2C[C@@H](O)CN2C(=O)[C@H](C(C)C)n2ccc(-c3ccnc(N4CCN(C(=O)C[C@@H]5N=C(c6ccc(Cl)cc6)c6c(sc(C)c6C)-n6c(C)nnc65)CC4)c3)n2)cc1. The Bertz CT molecular complexity index is 3190. The van der Waals surface area contributed by atoms with Gasteiger partial charge in [0.1, 0.15) is 34.8 Å². The van der Waals surface area contributed by atoms with Gasteiger partial charge in [0.15, 0.2) is 5.82 Å². The quantitative estimate of drug-likeness (QED) is 0.121. The molecular weight excluding hydrogens is 968 g/mol. The minimum absolute atomic E-state index is 0.0140. The van der Waals surface area contributed by atoms with Gasteiger partial charge in [-0.1, -0.05) is 61.8 Å². The summed E-state index contributed by atoms with van der Waals surface area (Å²) in [6.45, 7) is 16.2. The van der Waals surface area contributed by atoms with E-state index in [2.05, 4.69) is 43.8 Å². The van der Waals surface area contributed by atoms with Crippen LogP contribution in [-0.4, -0.2) is 118 Å². The fraction of sp³-hybridized carbons (Fsp3) is 0.377. The molecule has 372 valence electrons. The lowest BCUT2D eigenvalue weighted by atomic mass is 9.99. The summed E-state index contributed by atoms with van der Waals surface area (Å²) >= 11 is 9.58. The monoisotopic (exact) mass is 1020 g/mol. The van der Waals surface area contributed by atoms with E-state index in [1.807, 2.05) is 112 Å². The van der Waals surface area contributed by atoms with Crippen molar-refractivity contribution in [1.82, 2.24) is 49.6 Å². The summed E-state index contributed by atoms with van der Waals surface area (Å²) in [4.78, 5) is 64.8. The number of β-amino-alcohol motifs (C(OH)–C–C–N with tert-alkyl or cyclic N) is 1. The summed E-state index contributed by atoms with van der Waals surface area (Å²) in [5.74, 6) is 1.36. The van der Waals surface area contributed by atoms with Crippen LogP contribution in [0.15, 0.2) is 89.6 Å². The number of likely N-dealkylation sites (tertiary alicyclic amines) is 1. The number of nitrogens with zero attached hydrogens (tertiary/aromatic N) is 11. The van der Waals surface area contributed by atoms with Crippen LogP contribution in [0, 0.1) is 33.6 Å². The molecule has 72 heavy (non-hydrogen) atoms. The molecule has 3 aliphatic heterocycles. The molecular formula is C53H57ClN12O4S2. The van der Waals surface area contributed by atoms with E-state index in [1.54, 1.807) is 39.7 Å². The van der Waals surface area contributed by atoms with Crippen LogP contribution in [0.25, 0.3) is 26.7 Å². The number of aliphatic hydroxyl groups excluding tert-OH is 1. The van der Waals surface area contributed by atoms with E-state index in [-0.39, 0.29) is 49.1 Å². The highest BCUT2D eigenvalue weighted by Crippen LogP contribution is 2.40. The maximum absolute atomic E-state index is 14.5. The van der Waals surface area contributed by atoms with Crippen molar-refractivity contribution in [2.45, 2.75) is 91.6 Å². The third kappa shape index (κ3) is 9.48. The predicted molar refractivity (Wildman–Crippen MR) is 281 cm³/mol. The highest BCUT2D eigenvalue weighted by Gasteiger charge is 2.43. The molecule has 2 aromatic carbocycles. The molecule has 0 unspecified atom stereocenters. The molecule has 0 spiro atoms. The Morgan fingerprint density at radius 2 is 1.62 bits per heavy atom. The van der Waals surface area contributed by atoms with Gasteiger partial charge in [0, 0.05) is 78.1 Å². The Kier molecular flexibility index (Phi) is 13.7. The number of thiophene rings is 1. The van der Waals surface area contributed by atoms with E-state index >= 15 is 0 Å². The molecule has 16 nitrogen and oxygen atoms in total. The third-order valence-electron chi connectivity index (χ3n) is 14.1. The van der Waals surface area contributed by atoms with E-state index < -0.39 is 24.2 Å². The van der Waals surface area contributed by atoms with Crippen LogP contribution in [0.3, 0.4) is 0 Å². The minimum atomic E-state index is -0.837. The largest absolute Gasteiger partial charge is 0.391 e. The molecule has 0 radical (unpaired) electrons. The van der Waals surface area contributed by atoms with Crippen molar-refractivity contribution in [2.24, 2.45) is 10.9 Å². The number of pyridine rings is 1. The smallest absolute Gasteiger partial charge is 0.248 e. The second-order valence-electron chi connectivity index (χ2n) is 19.3. The van der Waals surface area contributed by atoms with Crippen LogP contribution in [0.5, 0.6) is 0 Å². The van der Waals surface area contributed by atoms with Gasteiger partial charge in [-0.3, -0.25) is 28.6 Å². The van der Waals surface area contributed by atoms with E-state index in [0.717, 1.165) is 66.3 Å². The van der Waals surface area contributed by atoms with Gasteiger partial charge >= 0.3 is 0 Å². The van der Waals surface area contributed by atoms with Crippen molar-refractivity contribution >= 4 is 63.5 Å². The van der Waals surface area contributed by atoms with Crippen LogP contribution < -0.4 is 10.2 Å². The number of anilines is 1. The standard InChI is InChI=1S/C53H57ClN12O4S2/c1-29(2)48(52(70)64-27-40(67)25-43(64)51(69)57-31(4)35-8-10-37(11-9-35)49-32(5)56-28-71-49)65-19-17-41(61-65)38-16-18-55-44(24-38)62-20-22-63(23-21-62)45(68)26-42-50-60-59-34(7)66(50)53-46(30(3)33(6)72-53)47(58-42)36-12-14-39(54)15-13-36/h8-19,24,28-29,31,40,42-43,48,67H,20-23,25-27H2,1-7H3,(H,57,69)/t31-,40+,42-,43-,48-/m0/s1. The van der Waals surface area contributed by atoms with Gasteiger partial charge in [-0.05, 0) is 87.6 Å². The molecule has 0 bridgehead atoms. The molecule has 19 heteroatoms. The van der Waals surface area contributed by atoms with Gasteiger partial charge in [-0.2, -0.15) is 5.10 Å². The van der Waals surface area contributed by atoms with E-state index in [9.17, 15) is 19.5 Å². The number of aryl methyl sites for hydroxylation is 3. The second kappa shape index (κ2) is 20.1. The average Bonchev–Trinajstić information content (AvgIpc) is 4.22. The first-order valence-electron chi connectivity index (χ1n) is 24.3. The molecule has 3 amide bonds. The molecule has 10 rings (SSSR count). The van der Waals surface area contributed by atoms with Crippen molar-refractivity contribution in [1.29, 1.82) is 0 Å². The van der Waals surface area contributed by atoms with Crippen molar-refractivity contribution < 1.29 is 19.5 Å². The topological polar surface area (TPSA) is 180 Å². The van der Waals surface area contributed by atoms with Crippen molar-refractivity contribution in [2.75, 3.05) is 37.6 Å². The highest BCUT2D eigenvalue weighted by atomic mass is 35.5. The summed E-state index contributed by atoms with van der Waals surface area (Å²) in [7, 11) is 0. The zero-order valence-electron chi connectivity index (χ0n) is 41.3. The number of halogens is 1. The number of benzene rings is 2. The first-order valence-corrected chi connectivity index (χ1v) is 26.4. The Labute approximate surface area is 431 Å². The number of aliphatic imine (C=N–C) groups is 1. The molecule has 2 saturated heterocycles. The molecule has 0 saturated carbocycles. The number of aliphatic hydroxyl groups is 1. The summed E-state index contributed by atoms with van der Waals surface area (Å²) in [6, 6.07) is 19.0. The van der Waals surface area contributed by atoms with Crippen LogP contribution in [0.2, 0.25) is 5.02 Å². The molecule has 0 aliphatic carbocycles. The van der Waals surface area contributed by atoms with E-state index in [1.165, 1.54) is 9.78 Å². The van der Waals surface area contributed by atoms with Gasteiger partial charge in [0.05, 0.1) is 46.1 Å². The molecule has 3 aliphatic rings. The second-order valence-corrected chi connectivity index (χ2v) is 21.8. The fourth-order valence-electron chi connectivity index (χ4n) is 10.1. The van der Waals surface area contributed by atoms with Crippen LogP contribution in [0.4, 0.5) is 5.82 Å². The number of rotatable bonds is 12. The lowest BCUT2D eigenvalue weighted by molar-refractivity contribution is -0.142. The normalized spacial score (nSPS) is 18.7. The summed E-state index contributed by atoms with van der Waals surface area (Å²) < 4.78 is 3.73. The molecule has 8 heterocycles. The van der Waals surface area contributed by atoms with Gasteiger partial charge in [-0.25, -0.2) is 9.97 Å². The number of hydrogen-bond donors (Lipinski definition) is 2.